The van der Waals surface area contributed by atoms with Crippen molar-refractivity contribution < 1.29 is 9.84 Å². The van der Waals surface area contributed by atoms with Crippen LogP contribution < -0.4 is 10.6 Å². The van der Waals surface area contributed by atoms with Crippen LogP contribution in [0.15, 0.2) is 47.3 Å². The summed E-state index contributed by atoms with van der Waals surface area (Å²) in [5.41, 5.74) is 5.86. The standard InChI is InChI=1S/C23H27N3O2/c1-6-8-21-15(3)11-22(26(21)9-10-27)19-14-23(28-5)20(25-19)13-18-17(7-2)12-16(4)24-18/h6,8,11-14,24,27H,1,3,7,9-10H2,2,4-5H3/b20-13-,21-8+. The fourth-order valence-corrected chi connectivity index (χ4v) is 3.52. The fraction of sp³-hybridized carbons (Fsp3) is 0.261. The summed E-state index contributed by atoms with van der Waals surface area (Å²) in [6.45, 7) is 12.6. The van der Waals surface area contributed by atoms with E-state index in [9.17, 15) is 5.11 Å². The van der Waals surface area contributed by atoms with Gasteiger partial charge in [0.1, 0.15) is 11.5 Å². The van der Waals surface area contributed by atoms with E-state index in [2.05, 4.69) is 31.1 Å². The molecule has 0 bridgehead atoms. The highest BCUT2D eigenvalue weighted by Crippen LogP contribution is 2.26. The molecule has 5 heteroatoms. The molecule has 146 valence electrons. The molecule has 28 heavy (non-hydrogen) atoms. The monoisotopic (exact) mass is 377 g/mol. The van der Waals surface area contributed by atoms with E-state index in [0.29, 0.717) is 12.3 Å². The number of hydrogen-bond donors (Lipinski definition) is 2. The van der Waals surface area contributed by atoms with Crippen molar-refractivity contribution in [1.82, 2.24) is 9.55 Å². The summed E-state index contributed by atoms with van der Waals surface area (Å²) in [6.07, 6.45) is 8.50. The first-order valence-corrected chi connectivity index (χ1v) is 9.39. The number of aliphatic hydroxyl groups is 1. The largest absolute Gasteiger partial charge is 0.494 e. The molecule has 0 aliphatic carbocycles. The van der Waals surface area contributed by atoms with Crippen LogP contribution in [0, 0.1) is 6.92 Å². The van der Waals surface area contributed by atoms with Gasteiger partial charge in [-0.2, -0.15) is 0 Å². The van der Waals surface area contributed by atoms with Crippen molar-refractivity contribution in [3.63, 3.8) is 0 Å². The van der Waals surface area contributed by atoms with Crippen LogP contribution in [0.1, 0.15) is 29.6 Å². The number of rotatable bonds is 7. The third-order valence-corrected chi connectivity index (χ3v) is 4.79. The van der Waals surface area contributed by atoms with Gasteiger partial charge in [-0.3, -0.25) is 0 Å². The number of aromatic amines is 1. The van der Waals surface area contributed by atoms with Crippen LogP contribution in [0.3, 0.4) is 0 Å². The number of aromatic nitrogens is 2. The first-order chi connectivity index (χ1) is 13.5. The summed E-state index contributed by atoms with van der Waals surface area (Å²) >= 11 is 0. The minimum absolute atomic E-state index is 0.0253. The van der Waals surface area contributed by atoms with Crippen molar-refractivity contribution in [3.05, 3.63) is 75.5 Å². The number of nitrogens with zero attached hydrogens (tertiary/aromatic N) is 2. The summed E-state index contributed by atoms with van der Waals surface area (Å²) in [6, 6.07) is 4.13. The Kier molecular flexibility index (Phi) is 5.85. The maximum atomic E-state index is 9.52. The quantitative estimate of drug-likeness (QED) is 0.778. The summed E-state index contributed by atoms with van der Waals surface area (Å²) in [5.74, 6) is 0.709. The van der Waals surface area contributed by atoms with Gasteiger partial charge in [-0.05, 0) is 48.4 Å². The normalized spacial score (nSPS) is 15.9. The van der Waals surface area contributed by atoms with E-state index in [1.807, 2.05) is 35.8 Å². The predicted molar refractivity (Wildman–Crippen MR) is 115 cm³/mol. The molecule has 0 saturated heterocycles. The van der Waals surface area contributed by atoms with Crippen LogP contribution in [0.2, 0.25) is 0 Å². The molecule has 1 aliphatic heterocycles. The molecule has 0 saturated carbocycles. The van der Waals surface area contributed by atoms with Crippen molar-refractivity contribution >= 4 is 24.4 Å². The van der Waals surface area contributed by atoms with Gasteiger partial charge in [-0.1, -0.05) is 26.2 Å². The molecule has 0 radical (unpaired) electrons. The highest BCUT2D eigenvalue weighted by molar-refractivity contribution is 6.11. The van der Waals surface area contributed by atoms with Gasteiger partial charge in [-0.25, -0.2) is 4.99 Å². The number of aryl methyl sites for hydroxylation is 2. The van der Waals surface area contributed by atoms with Gasteiger partial charge in [0.05, 0.1) is 25.1 Å². The van der Waals surface area contributed by atoms with Crippen LogP contribution in [0.5, 0.6) is 0 Å². The van der Waals surface area contributed by atoms with E-state index in [4.69, 9.17) is 9.73 Å². The maximum Gasteiger partial charge on any atom is 0.146 e. The minimum atomic E-state index is 0.0253. The Bertz CT molecular complexity index is 1090. The zero-order chi connectivity index (χ0) is 20.3. The topological polar surface area (TPSA) is 62.5 Å². The van der Waals surface area contributed by atoms with E-state index in [1.165, 1.54) is 5.56 Å². The zero-order valence-corrected chi connectivity index (χ0v) is 16.7. The summed E-state index contributed by atoms with van der Waals surface area (Å²) in [5, 5.41) is 11.3. The molecule has 5 nitrogen and oxygen atoms in total. The van der Waals surface area contributed by atoms with Gasteiger partial charge in [0.15, 0.2) is 0 Å². The van der Waals surface area contributed by atoms with E-state index in [0.717, 1.165) is 45.5 Å². The predicted octanol–water partition coefficient (Wildman–Crippen LogP) is 2.43. The lowest BCUT2D eigenvalue weighted by Gasteiger charge is -2.06. The number of hydrogen-bond acceptors (Lipinski definition) is 3. The molecule has 0 unspecified atom stereocenters. The molecule has 3 heterocycles. The van der Waals surface area contributed by atoms with Crippen molar-refractivity contribution in [2.24, 2.45) is 4.99 Å². The van der Waals surface area contributed by atoms with Crippen molar-refractivity contribution in [2.75, 3.05) is 13.7 Å². The summed E-state index contributed by atoms with van der Waals surface area (Å²) < 4.78 is 7.58. The molecule has 0 fully saturated rings. The number of aliphatic imine (C=N–C) groups is 1. The van der Waals surface area contributed by atoms with Gasteiger partial charge < -0.3 is 19.4 Å². The number of allylic oxidation sites excluding steroid dienone is 2. The molecule has 1 aliphatic rings. The first-order valence-electron chi connectivity index (χ1n) is 9.39. The van der Waals surface area contributed by atoms with Crippen molar-refractivity contribution in [3.8, 4) is 0 Å². The van der Waals surface area contributed by atoms with Crippen LogP contribution in [0.25, 0.3) is 18.7 Å². The summed E-state index contributed by atoms with van der Waals surface area (Å²) in [4.78, 5) is 8.21. The minimum Gasteiger partial charge on any atom is -0.494 e. The van der Waals surface area contributed by atoms with Gasteiger partial charge >= 0.3 is 0 Å². The Balaban J connectivity index is 2.13. The molecular weight excluding hydrogens is 350 g/mol. The van der Waals surface area contributed by atoms with Crippen molar-refractivity contribution in [2.45, 2.75) is 26.8 Å². The van der Waals surface area contributed by atoms with Crippen LogP contribution >= 0.6 is 0 Å². The lowest BCUT2D eigenvalue weighted by atomic mass is 10.1. The lowest BCUT2D eigenvalue weighted by molar-refractivity contribution is 0.274. The van der Waals surface area contributed by atoms with Crippen LogP contribution in [-0.4, -0.2) is 34.1 Å². The number of aliphatic hydroxyl groups excluding tert-OH is 1. The molecule has 2 N–H and O–H groups in total. The number of ether oxygens (including phenoxy) is 1. The molecule has 3 rings (SSSR count). The Morgan fingerprint density at radius 1 is 1.36 bits per heavy atom. The fourth-order valence-electron chi connectivity index (χ4n) is 3.52. The average molecular weight is 377 g/mol. The van der Waals surface area contributed by atoms with Gasteiger partial charge in [0, 0.05) is 29.4 Å². The van der Waals surface area contributed by atoms with Gasteiger partial charge in [0.2, 0.25) is 0 Å². The molecule has 2 aromatic rings. The van der Waals surface area contributed by atoms with Crippen LogP contribution in [-0.2, 0) is 17.7 Å². The van der Waals surface area contributed by atoms with Gasteiger partial charge in [0.25, 0.3) is 0 Å². The van der Waals surface area contributed by atoms with E-state index >= 15 is 0 Å². The van der Waals surface area contributed by atoms with E-state index < -0.39 is 0 Å². The third kappa shape index (κ3) is 3.66. The smallest absolute Gasteiger partial charge is 0.146 e. The second-order valence-electron chi connectivity index (χ2n) is 6.70. The summed E-state index contributed by atoms with van der Waals surface area (Å²) in [7, 11) is 1.65. The van der Waals surface area contributed by atoms with E-state index in [1.54, 1.807) is 13.2 Å². The second-order valence-corrected chi connectivity index (χ2v) is 6.70. The Morgan fingerprint density at radius 2 is 2.14 bits per heavy atom. The second kappa shape index (κ2) is 8.31. The molecule has 0 spiro atoms. The molecule has 0 amide bonds. The van der Waals surface area contributed by atoms with Gasteiger partial charge in [-0.15, -0.1) is 0 Å². The lowest BCUT2D eigenvalue weighted by Crippen LogP contribution is -2.29. The van der Waals surface area contributed by atoms with E-state index in [-0.39, 0.29) is 6.61 Å². The first kappa shape index (κ1) is 19.7. The Labute approximate surface area is 165 Å². The SMILES string of the molecule is C=C/C=c1\c(=C)cc(C2=N/C(=C\c3[nH]c(C)cc3CC)C(OC)=C2)n1CCO. The molecular formula is C23H27N3O2. The maximum absolute atomic E-state index is 9.52. The molecule has 0 aromatic carbocycles. The number of methoxy groups -OCH3 is 1. The van der Waals surface area contributed by atoms with Crippen LogP contribution in [0.4, 0.5) is 0 Å². The number of H-pyrrole nitrogens is 1. The average Bonchev–Trinajstić information content (AvgIpc) is 3.33. The Hall–Kier alpha value is -3.05. The molecule has 2 aromatic heterocycles. The zero-order valence-electron chi connectivity index (χ0n) is 16.7. The number of nitrogens with one attached hydrogen (secondary N) is 1. The highest BCUT2D eigenvalue weighted by atomic mass is 16.5. The third-order valence-electron chi connectivity index (χ3n) is 4.79. The molecule has 0 atom stereocenters. The Morgan fingerprint density at radius 3 is 2.79 bits per heavy atom. The van der Waals surface area contributed by atoms with Crippen molar-refractivity contribution in [1.29, 1.82) is 0 Å². The highest BCUT2D eigenvalue weighted by Gasteiger charge is 2.20.